The first-order chi connectivity index (χ1) is 36.4. The molecule has 0 amide bonds. The van der Waals surface area contributed by atoms with E-state index in [0.29, 0.717) is 57.8 Å². The molecule has 0 spiro atoms. The van der Waals surface area contributed by atoms with Gasteiger partial charge < -0.3 is 109 Å². The van der Waals surface area contributed by atoms with Crippen molar-refractivity contribution in [2.45, 2.75) is 242 Å². The quantitative estimate of drug-likeness (QED) is 0.0574. The summed E-state index contributed by atoms with van der Waals surface area (Å²) in [7, 11) is 0. The molecule has 8 fully saturated rings. The lowest BCUT2D eigenvalue weighted by molar-refractivity contribution is -0.373. The third kappa shape index (κ3) is 9.72. The van der Waals surface area contributed by atoms with Gasteiger partial charge >= 0.3 is 11.9 Å². The monoisotopic (exact) mass is 1120 g/mol. The van der Waals surface area contributed by atoms with Gasteiger partial charge in [-0.2, -0.15) is 0 Å². The molecule has 78 heavy (non-hydrogen) atoms. The molecule has 4 saturated carbocycles. The fourth-order valence-corrected chi connectivity index (χ4v) is 16.3. The zero-order chi connectivity index (χ0) is 57.1. The second-order valence-electron chi connectivity index (χ2n) is 26.2. The normalized spacial score (nSPS) is 54.1. The van der Waals surface area contributed by atoms with Crippen LogP contribution in [0.3, 0.4) is 0 Å². The number of aliphatic carboxylic acids is 1. The number of fused-ring (bicyclic) bond motifs is 7. The van der Waals surface area contributed by atoms with Crippen LogP contribution in [0.15, 0.2) is 11.6 Å². The number of allylic oxidation sites excluding steroid dienone is 2. The first-order valence-electron chi connectivity index (χ1n) is 27.8. The molecule has 4 aliphatic heterocycles. The number of carbonyl (C=O) groups is 2. The van der Waals surface area contributed by atoms with Gasteiger partial charge in [0.05, 0.1) is 37.4 Å². The number of carboxylic acid groups (broad SMARTS) is 1. The van der Waals surface area contributed by atoms with Crippen molar-refractivity contribution in [3.05, 3.63) is 11.6 Å². The second kappa shape index (κ2) is 21.8. The van der Waals surface area contributed by atoms with Gasteiger partial charge in [-0.25, -0.2) is 4.79 Å². The Labute approximate surface area is 453 Å². The highest BCUT2D eigenvalue weighted by atomic mass is 16.8. The van der Waals surface area contributed by atoms with Crippen LogP contribution in [-0.4, -0.2) is 232 Å². The van der Waals surface area contributed by atoms with E-state index in [1.54, 1.807) is 0 Å². The van der Waals surface area contributed by atoms with Gasteiger partial charge in [0.1, 0.15) is 85.5 Å². The molecular weight excluding hydrogens is 1030 g/mol. The fourth-order valence-electron chi connectivity index (χ4n) is 16.3. The molecule has 446 valence electrons. The van der Waals surface area contributed by atoms with Crippen LogP contribution in [0.25, 0.3) is 0 Å². The van der Waals surface area contributed by atoms with Crippen LogP contribution >= 0.6 is 0 Å². The summed E-state index contributed by atoms with van der Waals surface area (Å²) in [5.74, 6) is -2.61. The first-order valence-corrected chi connectivity index (χ1v) is 27.8. The van der Waals surface area contributed by atoms with Crippen LogP contribution in [0.2, 0.25) is 0 Å². The molecule has 0 aromatic heterocycles. The molecule has 4 heterocycles. The summed E-state index contributed by atoms with van der Waals surface area (Å²) in [4.78, 5) is 27.4. The summed E-state index contributed by atoms with van der Waals surface area (Å²) in [6.07, 6.45) is -26.3. The van der Waals surface area contributed by atoms with Gasteiger partial charge in [0.15, 0.2) is 25.0 Å². The summed E-state index contributed by atoms with van der Waals surface area (Å²) >= 11 is 0. The summed E-state index contributed by atoms with van der Waals surface area (Å²) in [6, 6.07) is 0. The smallest absolute Gasteiger partial charge is 0.335 e. The zero-order valence-corrected chi connectivity index (χ0v) is 45.5. The lowest BCUT2D eigenvalue weighted by atomic mass is 9.33. The lowest BCUT2D eigenvalue weighted by Crippen LogP contribution is -2.68. The number of hydrogen-bond acceptors (Lipinski definition) is 23. The van der Waals surface area contributed by atoms with Crippen LogP contribution in [0, 0.1) is 50.2 Å². The van der Waals surface area contributed by atoms with E-state index in [-0.39, 0.29) is 35.2 Å². The van der Waals surface area contributed by atoms with Crippen molar-refractivity contribution >= 4 is 11.9 Å². The lowest BCUT2D eigenvalue weighted by Gasteiger charge is -2.71. The van der Waals surface area contributed by atoms with Gasteiger partial charge in [-0.3, -0.25) is 4.79 Å². The molecule has 0 bridgehead atoms. The van der Waals surface area contributed by atoms with Crippen LogP contribution in [0.1, 0.15) is 113 Å². The molecule has 14 N–H and O–H groups in total. The Morgan fingerprint density at radius 3 is 1.88 bits per heavy atom. The SMILES string of the molecule is C[C@@H]1O[C@@H](O[C@H]2[C@H](O[C@H]3CC[C@@]4(C)[C@@H](CC[C@]5(C)[C@@H]4CC=C4[C@@H]6CC(C)(C)CC[C@]6(C(=O)O[C@@H]6O[C@H](CO[C@@H]7O[C@H](CO)[C@@H](O)[C@H](O)[C@H]7O)[C@@H](O)[C@H](O)[C@H]6O)CC[C@]45C)[C@@]3(C)CO)O[C@H](C(=O)O)[C@@H](O)[C@@H]2O)[C@H](O)[C@H](O)[C@H]1O. The van der Waals surface area contributed by atoms with Crippen molar-refractivity contribution in [3.63, 3.8) is 0 Å². The minimum Gasteiger partial charge on any atom is -0.479 e. The van der Waals surface area contributed by atoms with Crippen LogP contribution < -0.4 is 0 Å². The van der Waals surface area contributed by atoms with Gasteiger partial charge in [0.25, 0.3) is 0 Å². The fraction of sp³-hybridized carbons (Fsp3) is 0.926. The molecule has 24 heteroatoms. The van der Waals surface area contributed by atoms with E-state index in [0.717, 1.165) is 12.0 Å². The van der Waals surface area contributed by atoms with Crippen LogP contribution in [-0.2, 0) is 47.5 Å². The number of aliphatic hydroxyl groups excluding tert-OH is 13. The number of hydrogen-bond donors (Lipinski definition) is 14. The number of rotatable bonds is 12. The van der Waals surface area contributed by atoms with E-state index >= 15 is 4.79 Å². The number of carbonyl (C=O) groups excluding carboxylic acids is 1. The van der Waals surface area contributed by atoms with Crippen LogP contribution in [0.5, 0.6) is 0 Å². The molecular formula is C54H86O24. The Morgan fingerprint density at radius 2 is 1.23 bits per heavy atom. The summed E-state index contributed by atoms with van der Waals surface area (Å²) < 4.78 is 47.3. The van der Waals surface area contributed by atoms with Gasteiger partial charge in [0.2, 0.25) is 6.29 Å². The molecule has 9 aliphatic rings. The van der Waals surface area contributed by atoms with Crippen molar-refractivity contribution < 1.29 is 119 Å². The molecule has 0 unspecified atom stereocenters. The number of ether oxygens (including phenoxy) is 8. The first kappa shape index (κ1) is 60.5. The highest BCUT2D eigenvalue weighted by Gasteiger charge is 2.71. The van der Waals surface area contributed by atoms with E-state index in [9.17, 15) is 76.3 Å². The molecule has 5 aliphatic carbocycles. The Hall–Kier alpha value is -2.12. The van der Waals surface area contributed by atoms with Crippen molar-refractivity contribution in [2.75, 3.05) is 19.8 Å². The van der Waals surface area contributed by atoms with Gasteiger partial charge in [-0.05, 0) is 111 Å². The number of esters is 1. The average molecular weight is 1120 g/mol. The standard InChI is InChI=1S/C54H86O24/c1-22-30(57)33(60)39(66)45(72-22)77-42-37(64)36(63)41(43(68)69)76-47(42)75-29-11-12-50(4)27(51(29,5)21-56)10-13-53(7)28(50)9-8-23-24-18-49(2,3)14-16-54(24,17-15-52(23,53)6)48(70)78-46-40(67)35(62)32(59)26(74-46)20-71-44-38(65)34(61)31(58)25(19-55)73-44/h8,22,24-42,44-47,55-67H,9-21H2,1-7H3,(H,68,69)/t22-,24-,25+,26+,27+,28+,29-,30-,31+,32+,33+,34-,35-,36-,37-,38+,39+,40+,41-,42+,44+,45-,46-,47+,50-,51+,52+,53+,54-/m0/s1. The highest BCUT2D eigenvalue weighted by Crippen LogP contribution is 2.76. The maximum Gasteiger partial charge on any atom is 0.335 e. The predicted molar refractivity (Wildman–Crippen MR) is 263 cm³/mol. The molecule has 9 rings (SSSR count). The summed E-state index contributed by atoms with van der Waals surface area (Å²) in [6.45, 7) is 13.0. The number of aliphatic hydroxyl groups is 13. The Bertz CT molecular complexity index is 2200. The summed E-state index contributed by atoms with van der Waals surface area (Å²) in [5.41, 5.74) is -2.24. The Balaban J connectivity index is 0.946. The minimum absolute atomic E-state index is 0.0605. The van der Waals surface area contributed by atoms with Crippen molar-refractivity contribution in [2.24, 2.45) is 50.2 Å². The second-order valence-corrected chi connectivity index (χ2v) is 26.2. The van der Waals surface area contributed by atoms with E-state index in [4.69, 9.17) is 37.9 Å². The maximum atomic E-state index is 15.1. The van der Waals surface area contributed by atoms with E-state index in [1.807, 2.05) is 6.92 Å². The third-order valence-electron chi connectivity index (χ3n) is 21.5. The van der Waals surface area contributed by atoms with Crippen LogP contribution in [0.4, 0.5) is 0 Å². The molecule has 29 atom stereocenters. The highest BCUT2D eigenvalue weighted by molar-refractivity contribution is 5.79. The van der Waals surface area contributed by atoms with Crippen molar-refractivity contribution in [3.8, 4) is 0 Å². The van der Waals surface area contributed by atoms with Crippen molar-refractivity contribution in [1.29, 1.82) is 0 Å². The Kier molecular flexibility index (Phi) is 16.9. The Morgan fingerprint density at radius 1 is 0.615 bits per heavy atom. The average Bonchev–Trinajstić information content (AvgIpc) is 3.48. The van der Waals surface area contributed by atoms with Gasteiger partial charge in [0, 0.05) is 5.41 Å². The number of carboxylic acids is 1. The predicted octanol–water partition coefficient (Wildman–Crippen LogP) is -1.94. The van der Waals surface area contributed by atoms with E-state index in [1.165, 1.54) is 6.92 Å². The summed E-state index contributed by atoms with van der Waals surface area (Å²) in [5, 5.41) is 150. The topological polar surface area (TPSA) is 391 Å². The van der Waals surface area contributed by atoms with Gasteiger partial charge in [-0.1, -0.05) is 53.2 Å². The van der Waals surface area contributed by atoms with Gasteiger partial charge in [-0.15, -0.1) is 0 Å². The molecule has 4 saturated heterocycles. The molecule has 0 radical (unpaired) electrons. The largest absolute Gasteiger partial charge is 0.479 e. The molecule has 0 aromatic carbocycles. The molecule has 0 aromatic rings. The zero-order valence-electron chi connectivity index (χ0n) is 45.5. The maximum absolute atomic E-state index is 15.1. The minimum atomic E-state index is -2.00. The van der Waals surface area contributed by atoms with E-state index in [2.05, 4.69) is 40.7 Å². The van der Waals surface area contributed by atoms with Crippen molar-refractivity contribution in [1.82, 2.24) is 0 Å². The van der Waals surface area contributed by atoms with E-state index < -0.39 is 176 Å². The third-order valence-corrected chi connectivity index (χ3v) is 21.5. The molecule has 24 nitrogen and oxygen atoms in total.